The number of carbonyl (C=O) groups is 1. The van der Waals surface area contributed by atoms with Crippen LogP contribution in [0.1, 0.15) is 5.56 Å². The Labute approximate surface area is 82.1 Å². The Hall–Kier alpha value is -1.23. The van der Waals surface area contributed by atoms with Crippen LogP contribution >= 0.6 is 12.8 Å². The first-order valence-electron chi connectivity index (χ1n) is 3.64. The molecule has 0 aromatic carbocycles. The van der Waals surface area contributed by atoms with Gasteiger partial charge in [-0.1, -0.05) is 12.8 Å². The van der Waals surface area contributed by atoms with E-state index in [4.69, 9.17) is 0 Å². The lowest BCUT2D eigenvalue weighted by Crippen LogP contribution is -2.21. The Bertz CT molecular complexity index is 317. The molecular weight excluding hydrogens is 188 g/mol. The molecule has 0 bridgehead atoms. The van der Waals surface area contributed by atoms with E-state index in [9.17, 15) is 4.79 Å². The van der Waals surface area contributed by atoms with Crippen molar-refractivity contribution >= 4 is 24.6 Å². The third kappa shape index (κ3) is 2.12. The number of carbonyl (C=O) groups excluding carboxylic acids is 1. The van der Waals surface area contributed by atoms with Crippen LogP contribution in [0.4, 0.5) is 10.5 Å². The van der Waals surface area contributed by atoms with E-state index in [1.165, 1.54) is 7.11 Å². The summed E-state index contributed by atoms with van der Waals surface area (Å²) >= 11 is 4.00. The first kappa shape index (κ1) is 9.85. The van der Waals surface area contributed by atoms with E-state index in [-0.39, 0.29) is 0 Å². The van der Waals surface area contributed by atoms with Gasteiger partial charge in [0.2, 0.25) is 0 Å². The van der Waals surface area contributed by atoms with E-state index in [0.29, 0.717) is 5.69 Å². The zero-order chi connectivity index (χ0) is 9.84. The zero-order valence-corrected chi connectivity index (χ0v) is 8.28. The molecule has 1 aromatic rings. The van der Waals surface area contributed by atoms with Crippen molar-refractivity contribution in [3.63, 3.8) is 0 Å². The second-order valence-electron chi connectivity index (χ2n) is 2.44. The molecule has 0 atom stereocenters. The molecule has 1 heterocycles. The van der Waals surface area contributed by atoms with Crippen LogP contribution in [-0.2, 0) is 4.74 Å². The normalized spacial score (nSPS) is 9.46. The number of methoxy groups -OCH3 is 1. The van der Waals surface area contributed by atoms with Crippen LogP contribution < -0.4 is 4.31 Å². The molecule has 0 spiro atoms. The van der Waals surface area contributed by atoms with Crippen molar-refractivity contribution in [3.05, 3.63) is 24.0 Å². The van der Waals surface area contributed by atoms with Crippen molar-refractivity contribution in [2.24, 2.45) is 0 Å². The summed E-state index contributed by atoms with van der Waals surface area (Å²) in [7, 11) is 1.31. The number of pyridine rings is 1. The third-order valence-electron chi connectivity index (χ3n) is 1.57. The maximum absolute atomic E-state index is 11.1. The number of rotatable bonds is 1. The number of anilines is 1. The molecule has 0 N–H and O–H groups in total. The van der Waals surface area contributed by atoms with Gasteiger partial charge in [0.25, 0.3) is 0 Å². The molecular formula is C8H10N2O2S. The van der Waals surface area contributed by atoms with E-state index in [0.717, 1.165) is 9.87 Å². The standard InChI is InChI=1S/C8H10N2O2S/c1-6-5-9-4-3-7(6)10(13)8(11)12-2/h3-5,13H,1-2H3. The van der Waals surface area contributed by atoms with E-state index >= 15 is 0 Å². The molecule has 13 heavy (non-hydrogen) atoms. The molecule has 1 rings (SSSR count). The summed E-state index contributed by atoms with van der Waals surface area (Å²) in [6.07, 6.45) is 2.73. The van der Waals surface area contributed by atoms with Gasteiger partial charge in [-0.15, -0.1) is 0 Å². The fourth-order valence-corrected chi connectivity index (χ4v) is 1.19. The lowest BCUT2D eigenvalue weighted by Gasteiger charge is -2.15. The molecule has 0 saturated carbocycles. The summed E-state index contributed by atoms with van der Waals surface area (Å²) < 4.78 is 5.65. The molecule has 70 valence electrons. The first-order valence-corrected chi connectivity index (χ1v) is 4.04. The number of thiol groups is 1. The Kier molecular flexibility index (Phi) is 3.13. The monoisotopic (exact) mass is 198 g/mol. The minimum atomic E-state index is -0.516. The molecule has 1 aromatic heterocycles. The predicted octanol–water partition coefficient (Wildman–Crippen LogP) is 1.81. The molecule has 0 saturated heterocycles. The number of ether oxygens (including phenoxy) is 1. The van der Waals surface area contributed by atoms with Crippen molar-refractivity contribution in [3.8, 4) is 0 Å². The maximum atomic E-state index is 11.1. The Balaban J connectivity index is 2.95. The van der Waals surface area contributed by atoms with Crippen LogP contribution in [-0.4, -0.2) is 18.2 Å². The topological polar surface area (TPSA) is 42.4 Å². The van der Waals surface area contributed by atoms with Gasteiger partial charge in [-0.2, -0.15) is 0 Å². The van der Waals surface area contributed by atoms with Crippen LogP contribution in [0, 0.1) is 6.92 Å². The fourth-order valence-electron chi connectivity index (χ4n) is 0.889. The van der Waals surface area contributed by atoms with Gasteiger partial charge < -0.3 is 4.74 Å². The minimum Gasteiger partial charge on any atom is -0.452 e. The summed E-state index contributed by atoms with van der Waals surface area (Å²) in [5.74, 6) is 0. The second kappa shape index (κ2) is 4.13. The van der Waals surface area contributed by atoms with Crippen LogP contribution in [0.5, 0.6) is 0 Å². The molecule has 0 fully saturated rings. The quantitative estimate of drug-likeness (QED) is 0.700. The summed E-state index contributed by atoms with van der Waals surface area (Å²) in [6, 6.07) is 1.69. The SMILES string of the molecule is COC(=O)N(S)c1ccncc1C. The van der Waals surface area contributed by atoms with Crippen LogP contribution in [0.15, 0.2) is 18.5 Å². The molecule has 0 radical (unpaired) electrons. The van der Waals surface area contributed by atoms with Crippen molar-refractivity contribution in [2.45, 2.75) is 6.92 Å². The lowest BCUT2D eigenvalue weighted by atomic mass is 10.3. The summed E-state index contributed by atoms with van der Waals surface area (Å²) in [5.41, 5.74) is 1.54. The molecule has 0 aliphatic carbocycles. The van der Waals surface area contributed by atoms with Gasteiger partial charge in [0.05, 0.1) is 12.8 Å². The van der Waals surface area contributed by atoms with Crippen molar-refractivity contribution < 1.29 is 9.53 Å². The molecule has 1 amide bonds. The average molecular weight is 198 g/mol. The summed E-state index contributed by atoms with van der Waals surface area (Å²) in [4.78, 5) is 15.0. The Morgan fingerprint density at radius 3 is 2.92 bits per heavy atom. The lowest BCUT2D eigenvalue weighted by molar-refractivity contribution is 0.183. The molecule has 0 unspecified atom stereocenters. The van der Waals surface area contributed by atoms with Gasteiger partial charge in [-0.25, -0.2) is 9.10 Å². The smallest absolute Gasteiger partial charge is 0.424 e. The molecule has 4 nitrogen and oxygen atoms in total. The highest BCUT2D eigenvalue weighted by Crippen LogP contribution is 2.20. The zero-order valence-electron chi connectivity index (χ0n) is 7.39. The minimum absolute atomic E-state index is 0.516. The highest BCUT2D eigenvalue weighted by molar-refractivity contribution is 7.82. The number of amides is 1. The number of hydrogen-bond acceptors (Lipinski definition) is 4. The number of hydrogen-bond donors (Lipinski definition) is 1. The molecule has 0 aliphatic rings. The molecule has 0 aliphatic heterocycles. The van der Waals surface area contributed by atoms with Gasteiger partial charge in [0.15, 0.2) is 0 Å². The van der Waals surface area contributed by atoms with Gasteiger partial charge >= 0.3 is 6.09 Å². The highest BCUT2D eigenvalue weighted by atomic mass is 32.1. The van der Waals surface area contributed by atoms with Gasteiger partial charge in [-0.05, 0) is 18.6 Å². The summed E-state index contributed by atoms with van der Waals surface area (Å²) in [5, 5.41) is 0. The van der Waals surface area contributed by atoms with E-state index in [2.05, 4.69) is 22.5 Å². The van der Waals surface area contributed by atoms with Crippen LogP contribution in [0.25, 0.3) is 0 Å². The van der Waals surface area contributed by atoms with Crippen molar-refractivity contribution in [2.75, 3.05) is 11.4 Å². The number of aromatic nitrogens is 1. The van der Waals surface area contributed by atoms with E-state index in [1.54, 1.807) is 18.5 Å². The fraction of sp³-hybridized carbons (Fsp3) is 0.250. The Morgan fingerprint density at radius 2 is 2.38 bits per heavy atom. The number of nitrogens with zero attached hydrogens (tertiary/aromatic N) is 2. The van der Waals surface area contributed by atoms with Gasteiger partial charge in [0.1, 0.15) is 0 Å². The first-order chi connectivity index (χ1) is 6.16. The molecule has 5 heteroatoms. The maximum Gasteiger partial charge on any atom is 0.424 e. The third-order valence-corrected chi connectivity index (χ3v) is 1.95. The van der Waals surface area contributed by atoms with Crippen LogP contribution in [0.2, 0.25) is 0 Å². The Morgan fingerprint density at radius 1 is 1.69 bits per heavy atom. The van der Waals surface area contributed by atoms with Crippen molar-refractivity contribution in [1.82, 2.24) is 4.98 Å². The van der Waals surface area contributed by atoms with Gasteiger partial charge in [0, 0.05) is 12.4 Å². The average Bonchev–Trinajstić information content (AvgIpc) is 2.16. The highest BCUT2D eigenvalue weighted by Gasteiger charge is 2.13. The van der Waals surface area contributed by atoms with Gasteiger partial charge in [-0.3, -0.25) is 4.98 Å². The van der Waals surface area contributed by atoms with E-state index in [1.807, 2.05) is 6.92 Å². The predicted molar refractivity (Wildman–Crippen MR) is 52.8 cm³/mol. The summed E-state index contributed by atoms with van der Waals surface area (Å²) in [6.45, 7) is 1.84. The second-order valence-corrected chi connectivity index (χ2v) is 2.84. The van der Waals surface area contributed by atoms with E-state index < -0.39 is 6.09 Å². The number of aryl methyl sites for hydroxylation is 1. The van der Waals surface area contributed by atoms with Crippen LogP contribution in [0.3, 0.4) is 0 Å². The van der Waals surface area contributed by atoms with Crippen molar-refractivity contribution in [1.29, 1.82) is 0 Å². The largest absolute Gasteiger partial charge is 0.452 e.